The number of rotatable bonds is 3. The number of aliphatic imine (C=N–C) groups is 1. The molecule has 0 aromatic carbocycles. The van der Waals surface area contributed by atoms with Crippen molar-refractivity contribution in [3.05, 3.63) is 26.8 Å². The van der Waals surface area contributed by atoms with Gasteiger partial charge in [0.15, 0.2) is 5.17 Å². The molecule has 1 aromatic heterocycles. The fraction of sp³-hybridized carbons (Fsp3) is 0.467. The van der Waals surface area contributed by atoms with Crippen molar-refractivity contribution in [1.29, 1.82) is 0 Å². The number of piperazine rings is 1. The number of aryl methyl sites for hydroxylation is 1. The van der Waals surface area contributed by atoms with Gasteiger partial charge in [-0.2, -0.15) is 4.99 Å². The Hall–Kier alpha value is -1.15. The first kappa shape index (κ1) is 15.7. The molecule has 1 aromatic rings. The molecule has 2 aliphatic rings. The molecule has 7 heteroatoms. The summed E-state index contributed by atoms with van der Waals surface area (Å²) in [6.07, 6.45) is 1.93. The Morgan fingerprint density at radius 1 is 1.32 bits per heavy atom. The molecule has 0 aliphatic carbocycles. The van der Waals surface area contributed by atoms with Crippen molar-refractivity contribution in [2.75, 3.05) is 39.3 Å². The normalized spacial score (nSPS) is 21.7. The number of amides is 1. The van der Waals surface area contributed by atoms with Gasteiger partial charge in [0.25, 0.3) is 5.91 Å². The van der Waals surface area contributed by atoms with Crippen molar-refractivity contribution in [3.8, 4) is 0 Å². The van der Waals surface area contributed by atoms with Gasteiger partial charge in [0.2, 0.25) is 0 Å². The van der Waals surface area contributed by atoms with Crippen LogP contribution in [0.1, 0.15) is 9.75 Å². The third-order valence-electron chi connectivity index (χ3n) is 3.70. The molecule has 3 heterocycles. The zero-order chi connectivity index (χ0) is 15.5. The first-order valence-corrected chi connectivity index (χ1v) is 8.96. The average Bonchev–Trinajstić information content (AvgIpc) is 3.07. The van der Waals surface area contributed by atoms with Crippen LogP contribution in [0.5, 0.6) is 0 Å². The second-order valence-corrected chi connectivity index (χ2v) is 7.64. The van der Waals surface area contributed by atoms with E-state index in [1.54, 1.807) is 11.3 Å². The predicted octanol–water partition coefficient (Wildman–Crippen LogP) is 1.64. The number of aliphatic hydroxyl groups excluding tert-OH is 1. The number of carbonyl (C=O) groups excluding carboxylic acids is 1. The van der Waals surface area contributed by atoms with Crippen LogP contribution in [0.3, 0.4) is 0 Å². The quantitative estimate of drug-likeness (QED) is 0.850. The molecule has 1 N–H and O–H groups in total. The monoisotopic (exact) mass is 337 g/mol. The molecule has 2 aliphatic heterocycles. The maximum Gasteiger partial charge on any atom is 0.286 e. The molecule has 1 amide bonds. The summed E-state index contributed by atoms with van der Waals surface area (Å²) in [5, 5.41) is 9.79. The van der Waals surface area contributed by atoms with Gasteiger partial charge in [-0.25, -0.2) is 0 Å². The fourth-order valence-electron chi connectivity index (χ4n) is 2.50. The molecule has 22 heavy (non-hydrogen) atoms. The number of amidine groups is 1. The van der Waals surface area contributed by atoms with Crippen LogP contribution >= 0.6 is 23.1 Å². The smallest absolute Gasteiger partial charge is 0.286 e. The van der Waals surface area contributed by atoms with E-state index in [1.165, 1.54) is 16.6 Å². The highest BCUT2D eigenvalue weighted by Gasteiger charge is 2.28. The number of hydrogen-bond acceptors (Lipinski definition) is 6. The van der Waals surface area contributed by atoms with E-state index in [-0.39, 0.29) is 12.5 Å². The number of hydrogen-bond donors (Lipinski definition) is 1. The molecule has 118 valence electrons. The van der Waals surface area contributed by atoms with Crippen LogP contribution in [0, 0.1) is 6.92 Å². The van der Waals surface area contributed by atoms with Crippen LogP contribution in [-0.4, -0.2) is 65.3 Å². The Morgan fingerprint density at radius 2 is 2.09 bits per heavy atom. The van der Waals surface area contributed by atoms with Gasteiger partial charge < -0.3 is 10.0 Å². The maximum absolute atomic E-state index is 12.1. The maximum atomic E-state index is 12.1. The number of carbonyl (C=O) groups is 1. The van der Waals surface area contributed by atoms with Crippen LogP contribution < -0.4 is 0 Å². The molecular weight excluding hydrogens is 318 g/mol. The summed E-state index contributed by atoms with van der Waals surface area (Å²) in [5.74, 6) is -0.135. The Bertz CT molecular complexity index is 616. The summed E-state index contributed by atoms with van der Waals surface area (Å²) in [5.41, 5.74) is 0. The van der Waals surface area contributed by atoms with E-state index in [2.05, 4.69) is 27.8 Å². The van der Waals surface area contributed by atoms with Crippen molar-refractivity contribution in [2.45, 2.75) is 6.92 Å². The topological polar surface area (TPSA) is 56.1 Å². The number of nitrogens with zero attached hydrogens (tertiary/aromatic N) is 3. The Labute approximate surface area is 138 Å². The molecule has 0 bridgehead atoms. The van der Waals surface area contributed by atoms with Gasteiger partial charge >= 0.3 is 0 Å². The zero-order valence-electron chi connectivity index (χ0n) is 12.5. The predicted molar refractivity (Wildman–Crippen MR) is 92.2 cm³/mol. The van der Waals surface area contributed by atoms with Gasteiger partial charge in [-0.05, 0) is 36.9 Å². The number of thiophene rings is 1. The van der Waals surface area contributed by atoms with E-state index in [9.17, 15) is 4.79 Å². The van der Waals surface area contributed by atoms with Crippen LogP contribution in [0.15, 0.2) is 22.0 Å². The second-order valence-electron chi connectivity index (χ2n) is 5.31. The summed E-state index contributed by atoms with van der Waals surface area (Å²) >= 11 is 3.15. The van der Waals surface area contributed by atoms with Crippen molar-refractivity contribution < 1.29 is 9.90 Å². The van der Waals surface area contributed by atoms with Gasteiger partial charge in [0, 0.05) is 42.5 Å². The Balaban J connectivity index is 1.62. The Morgan fingerprint density at radius 3 is 2.73 bits per heavy atom. The highest BCUT2D eigenvalue weighted by Crippen LogP contribution is 2.32. The highest BCUT2D eigenvalue weighted by molar-refractivity contribution is 8.18. The second kappa shape index (κ2) is 6.95. The number of β-amino-alcohol motifs (C(OH)–C–C–N with tert-alkyl or cyclic N) is 1. The van der Waals surface area contributed by atoms with E-state index >= 15 is 0 Å². The third kappa shape index (κ3) is 3.60. The molecule has 0 saturated carbocycles. The molecule has 1 fully saturated rings. The minimum absolute atomic E-state index is 0.135. The van der Waals surface area contributed by atoms with Crippen LogP contribution in [0.4, 0.5) is 0 Å². The zero-order valence-corrected chi connectivity index (χ0v) is 14.1. The average molecular weight is 337 g/mol. The van der Waals surface area contributed by atoms with Crippen LogP contribution in [0.25, 0.3) is 6.08 Å². The standard InChI is InChI=1S/C15H19N3O2S2/c1-11-2-3-12(21-11)10-13-14(20)16-15(22-13)18-6-4-17(5-7-18)8-9-19/h2-3,10,19H,4-9H2,1H3/b13-10+. The van der Waals surface area contributed by atoms with E-state index in [0.29, 0.717) is 4.91 Å². The molecule has 0 atom stereocenters. The lowest BCUT2D eigenvalue weighted by molar-refractivity contribution is -0.113. The molecule has 0 radical (unpaired) electrons. The van der Waals surface area contributed by atoms with Gasteiger partial charge in [-0.3, -0.25) is 9.69 Å². The number of thioether (sulfide) groups is 1. The molecule has 3 rings (SSSR count). The molecular formula is C15H19N3O2S2. The van der Waals surface area contributed by atoms with E-state index in [1.807, 2.05) is 12.1 Å². The largest absolute Gasteiger partial charge is 0.395 e. The molecule has 0 unspecified atom stereocenters. The lowest BCUT2D eigenvalue weighted by Gasteiger charge is -2.34. The first-order chi connectivity index (χ1) is 10.7. The lowest BCUT2D eigenvalue weighted by Crippen LogP contribution is -2.48. The van der Waals surface area contributed by atoms with Crippen molar-refractivity contribution in [1.82, 2.24) is 9.80 Å². The summed E-state index contributed by atoms with van der Waals surface area (Å²) in [6.45, 7) is 6.48. The molecule has 1 saturated heterocycles. The van der Waals surface area contributed by atoms with Crippen LogP contribution in [-0.2, 0) is 4.79 Å². The third-order valence-corrected chi connectivity index (χ3v) is 5.69. The SMILES string of the molecule is Cc1ccc(/C=C2/SC(N3CCN(CCO)CC3)=NC2=O)s1. The first-order valence-electron chi connectivity index (χ1n) is 7.33. The lowest BCUT2D eigenvalue weighted by atomic mass is 10.3. The van der Waals surface area contributed by atoms with E-state index in [4.69, 9.17) is 5.11 Å². The van der Waals surface area contributed by atoms with Gasteiger partial charge in [-0.15, -0.1) is 11.3 Å². The van der Waals surface area contributed by atoms with Crippen molar-refractivity contribution in [2.24, 2.45) is 4.99 Å². The van der Waals surface area contributed by atoms with Crippen LogP contribution in [0.2, 0.25) is 0 Å². The molecule has 0 spiro atoms. The summed E-state index contributed by atoms with van der Waals surface area (Å²) in [6, 6.07) is 4.09. The Kier molecular flexibility index (Phi) is 4.97. The van der Waals surface area contributed by atoms with E-state index < -0.39 is 0 Å². The van der Waals surface area contributed by atoms with E-state index in [0.717, 1.165) is 42.8 Å². The summed E-state index contributed by atoms with van der Waals surface area (Å²) in [4.78, 5) is 23.7. The van der Waals surface area contributed by atoms with Crippen molar-refractivity contribution >= 4 is 40.2 Å². The highest BCUT2D eigenvalue weighted by atomic mass is 32.2. The number of aliphatic hydroxyl groups is 1. The van der Waals surface area contributed by atoms with Gasteiger partial charge in [-0.1, -0.05) is 0 Å². The summed E-state index contributed by atoms with van der Waals surface area (Å²) in [7, 11) is 0. The fourth-order valence-corrected chi connectivity index (χ4v) is 4.35. The minimum Gasteiger partial charge on any atom is -0.395 e. The minimum atomic E-state index is -0.135. The van der Waals surface area contributed by atoms with Crippen molar-refractivity contribution in [3.63, 3.8) is 0 Å². The van der Waals surface area contributed by atoms with Gasteiger partial charge in [0.1, 0.15) is 0 Å². The molecule has 5 nitrogen and oxygen atoms in total. The van der Waals surface area contributed by atoms with Gasteiger partial charge in [0.05, 0.1) is 11.5 Å². The summed E-state index contributed by atoms with van der Waals surface area (Å²) < 4.78 is 0.